The summed E-state index contributed by atoms with van der Waals surface area (Å²) in [5.74, 6) is 0.344. The minimum atomic E-state index is -0.178. The number of hydrogen-bond donors (Lipinski definition) is 1. The second-order valence-corrected chi connectivity index (χ2v) is 6.00. The summed E-state index contributed by atoms with van der Waals surface area (Å²) >= 11 is 0. The Hall–Kier alpha value is -2.89. The van der Waals surface area contributed by atoms with Crippen molar-refractivity contribution in [1.29, 1.82) is 0 Å². The van der Waals surface area contributed by atoms with E-state index >= 15 is 0 Å². The van der Waals surface area contributed by atoms with Crippen molar-refractivity contribution in [2.24, 2.45) is 5.92 Å². The Morgan fingerprint density at radius 1 is 1.16 bits per heavy atom. The zero-order valence-electron chi connectivity index (χ0n) is 15.1. The summed E-state index contributed by atoms with van der Waals surface area (Å²) < 4.78 is 0. The Morgan fingerprint density at radius 3 is 2.48 bits per heavy atom. The third-order valence-electron chi connectivity index (χ3n) is 4.07. The molecule has 1 heterocycles. The van der Waals surface area contributed by atoms with Gasteiger partial charge in [0.25, 0.3) is 5.91 Å². The third-order valence-corrected chi connectivity index (χ3v) is 4.07. The summed E-state index contributed by atoms with van der Waals surface area (Å²) in [6, 6.07) is 12.9. The van der Waals surface area contributed by atoms with Crippen LogP contribution in [0.1, 0.15) is 17.3 Å². The normalized spacial score (nSPS) is 11.5. The largest absolute Gasteiger partial charge is 0.359 e. The van der Waals surface area contributed by atoms with E-state index in [1.165, 1.54) is 0 Å². The second kappa shape index (κ2) is 8.28. The van der Waals surface area contributed by atoms with Crippen LogP contribution in [0.4, 0.5) is 11.5 Å². The van der Waals surface area contributed by atoms with Crippen LogP contribution >= 0.6 is 0 Å². The number of rotatable bonds is 6. The number of anilines is 2. The van der Waals surface area contributed by atoms with E-state index in [4.69, 9.17) is 0 Å². The van der Waals surface area contributed by atoms with E-state index in [2.05, 4.69) is 10.3 Å². The van der Waals surface area contributed by atoms with Crippen molar-refractivity contribution in [3.8, 4) is 0 Å². The van der Waals surface area contributed by atoms with E-state index in [1.807, 2.05) is 49.2 Å². The second-order valence-electron chi connectivity index (χ2n) is 6.00. The van der Waals surface area contributed by atoms with Gasteiger partial charge in [-0.3, -0.25) is 9.59 Å². The topological polar surface area (TPSA) is 65.5 Å². The molecule has 0 bridgehead atoms. The molecule has 2 aromatic rings. The fourth-order valence-corrected chi connectivity index (χ4v) is 2.56. The SMILES string of the molecule is CNC(=O)[C@H](C)CN(C)c1cc(C(=O)N(C)c2ccccc2)ccn1. The van der Waals surface area contributed by atoms with Gasteiger partial charge in [0, 0.05) is 45.1 Å². The number of amides is 2. The van der Waals surface area contributed by atoms with Gasteiger partial charge in [-0.25, -0.2) is 4.98 Å². The highest BCUT2D eigenvalue weighted by atomic mass is 16.2. The fourth-order valence-electron chi connectivity index (χ4n) is 2.56. The molecule has 0 aliphatic carbocycles. The number of carbonyl (C=O) groups is 2. The van der Waals surface area contributed by atoms with Crippen LogP contribution in [-0.2, 0) is 4.79 Å². The quantitative estimate of drug-likeness (QED) is 0.875. The highest BCUT2D eigenvalue weighted by molar-refractivity contribution is 6.06. The molecule has 132 valence electrons. The minimum Gasteiger partial charge on any atom is -0.359 e. The Morgan fingerprint density at radius 2 is 1.84 bits per heavy atom. The first kappa shape index (κ1) is 18.4. The van der Waals surface area contributed by atoms with Gasteiger partial charge < -0.3 is 15.1 Å². The van der Waals surface area contributed by atoms with Crippen LogP contribution < -0.4 is 15.1 Å². The van der Waals surface area contributed by atoms with Crippen molar-refractivity contribution in [3.63, 3.8) is 0 Å². The molecule has 6 nitrogen and oxygen atoms in total. The van der Waals surface area contributed by atoms with Crippen molar-refractivity contribution >= 4 is 23.3 Å². The summed E-state index contributed by atoms with van der Waals surface area (Å²) in [7, 11) is 5.22. The summed E-state index contributed by atoms with van der Waals surface area (Å²) in [4.78, 5) is 32.2. The fraction of sp³-hybridized carbons (Fsp3) is 0.316. The minimum absolute atomic E-state index is 0.0251. The number of nitrogens with one attached hydrogen (secondary N) is 1. The summed E-state index contributed by atoms with van der Waals surface area (Å²) in [5.41, 5.74) is 1.38. The molecule has 0 radical (unpaired) electrons. The average molecular weight is 340 g/mol. The van der Waals surface area contributed by atoms with Gasteiger partial charge in [0.2, 0.25) is 5.91 Å². The Labute approximate surface area is 148 Å². The number of carbonyl (C=O) groups excluding carboxylic acids is 2. The molecular weight excluding hydrogens is 316 g/mol. The molecule has 1 aromatic carbocycles. The lowest BCUT2D eigenvalue weighted by Crippen LogP contribution is -2.34. The molecule has 2 rings (SSSR count). The lowest BCUT2D eigenvalue weighted by Gasteiger charge is -2.23. The summed E-state index contributed by atoms with van der Waals surface area (Å²) in [5, 5.41) is 2.64. The van der Waals surface area contributed by atoms with Crippen LogP contribution in [0.5, 0.6) is 0 Å². The maximum absolute atomic E-state index is 12.7. The molecule has 6 heteroatoms. The zero-order valence-corrected chi connectivity index (χ0v) is 15.1. The number of aromatic nitrogens is 1. The van der Waals surface area contributed by atoms with E-state index in [0.717, 1.165) is 5.69 Å². The van der Waals surface area contributed by atoms with Gasteiger partial charge in [0.15, 0.2) is 0 Å². The molecular formula is C19H24N4O2. The van der Waals surface area contributed by atoms with Crippen LogP contribution in [0.15, 0.2) is 48.7 Å². The van der Waals surface area contributed by atoms with E-state index in [-0.39, 0.29) is 17.7 Å². The summed E-state index contributed by atoms with van der Waals surface area (Å²) in [6.07, 6.45) is 1.61. The highest BCUT2D eigenvalue weighted by Gasteiger charge is 2.17. The van der Waals surface area contributed by atoms with Gasteiger partial charge in [-0.2, -0.15) is 0 Å². The standard InChI is InChI=1S/C19H24N4O2/c1-14(18(24)20-2)13-22(3)17-12-15(10-11-21-17)19(25)23(4)16-8-6-5-7-9-16/h5-12,14H,13H2,1-4H3,(H,20,24)/t14-/m1/s1. The van der Waals surface area contributed by atoms with E-state index < -0.39 is 0 Å². The first-order valence-electron chi connectivity index (χ1n) is 8.16. The maximum Gasteiger partial charge on any atom is 0.258 e. The number of hydrogen-bond acceptors (Lipinski definition) is 4. The van der Waals surface area contributed by atoms with Crippen LogP contribution in [0, 0.1) is 5.92 Å². The highest BCUT2D eigenvalue weighted by Crippen LogP contribution is 2.18. The molecule has 1 N–H and O–H groups in total. The molecule has 0 aliphatic heterocycles. The number of pyridine rings is 1. The van der Waals surface area contributed by atoms with E-state index in [9.17, 15) is 9.59 Å². The Bertz CT molecular complexity index is 733. The molecule has 0 unspecified atom stereocenters. The predicted octanol–water partition coefficient (Wildman–Crippen LogP) is 2.18. The molecule has 25 heavy (non-hydrogen) atoms. The van der Waals surface area contributed by atoms with Crippen molar-refractivity contribution in [2.45, 2.75) is 6.92 Å². The lowest BCUT2D eigenvalue weighted by molar-refractivity contribution is -0.123. The van der Waals surface area contributed by atoms with Crippen molar-refractivity contribution in [2.75, 3.05) is 37.5 Å². The molecule has 0 spiro atoms. The van der Waals surface area contributed by atoms with E-state index in [1.54, 1.807) is 37.3 Å². The van der Waals surface area contributed by atoms with Gasteiger partial charge in [0.1, 0.15) is 5.82 Å². The monoisotopic (exact) mass is 340 g/mol. The maximum atomic E-state index is 12.7. The first-order valence-corrected chi connectivity index (χ1v) is 8.16. The summed E-state index contributed by atoms with van der Waals surface area (Å²) in [6.45, 7) is 2.37. The van der Waals surface area contributed by atoms with Crippen LogP contribution in [0.3, 0.4) is 0 Å². The van der Waals surface area contributed by atoms with E-state index in [0.29, 0.717) is 17.9 Å². The molecule has 2 amide bonds. The predicted molar refractivity (Wildman–Crippen MR) is 99.9 cm³/mol. The molecule has 0 saturated carbocycles. The lowest BCUT2D eigenvalue weighted by atomic mass is 10.1. The Balaban J connectivity index is 2.15. The van der Waals surface area contributed by atoms with Crippen LogP contribution in [0.25, 0.3) is 0 Å². The van der Waals surface area contributed by atoms with Crippen molar-refractivity contribution < 1.29 is 9.59 Å². The van der Waals surface area contributed by atoms with Crippen molar-refractivity contribution in [1.82, 2.24) is 10.3 Å². The van der Waals surface area contributed by atoms with Gasteiger partial charge in [-0.05, 0) is 24.3 Å². The van der Waals surface area contributed by atoms with Crippen LogP contribution in [-0.4, -0.2) is 44.5 Å². The molecule has 1 atom stereocenters. The zero-order chi connectivity index (χ0) is 18.4. The van der Waals surface area contributed by atoms with Gasteiger partial charge in [-0.15, -0.1) is 0 Å². The third kappa shape index (κ3) is 4.56. The van der Waals surface area contributed by atoms with Gasteiger partial charge in [-0.1, -0.05) is 25.1 Å². The van der Waals surface area contributed by atoms with Gasteiger partial charge >= 0.3 is 0 Å². The molecule has 1 aromatic heterocycles. The number of benzene rings is 1. The molecule has 0 fully saturated rings. The van der Waals surface area contributed by atoms with Crippen molar-refractivity contribution in [3.05, 3.63) is 54.2 Å². The molecule has 0 saturated heterocycles. The Kier molecular flexibility index (Phi) is 6.11. The number of nitrogens with zero attached hydrogens (tertiary/aromatic N) is 3. The average Bonchev–Trinajstić information content (AvgIpc) is 2.66. The smallest absolute Gasteiger partial charge is 0.258 e. The van der Waals surface area contributed by atoms with Crippen LogP contribution in [0.2, 0.25) is 0 Å². The first-order chi connectivity index (χ1) is 11.9. The number of para-hydroxylation sites is 1. The van der Waals surface area contributed by atoms with Gasteiger partial charge in [0.05, 0.1) is 5.92 Å². The molecule has 0 aliphatic rings.